The summed E-state index contributed by atoms with van der Waals surface area (Å²) in [5, 5.41) is 7.60. The summed E-state index contributed by atoms with van der Waals surface area (Å²) in [6.45, 7) is 3.32. The number of nitrogens with zero attached hydrogens (tertiary/aromatic N) is 1. The van der Waals surface area contributed by atoms with Crippen molar-refractivity contribution in [2.45, 2.75) is 44.0 Å². The van der Waals surface area contributed by atoms with Crippen molar-refractivity contribution in [2.75, 3.05) is 19.4 Å². The highest BCUT2D eigenvalue weighted by molar-refractivity contribution is 14.0. The van der Waals surface area contributed by atoms with Gasteiger partial charge in [-0.1, -0.05) is 12.1 Å². The van der Waals surface area contributed by atoms with Gasteiger partial charge in [0.1, 0.15) is 5.75 Å². The SMILES string of the molecule is CCNC(=NCc1cccc(OCC(N)=O)c1)NC1CCC(SC)C1.I. The molecular formula is C18H29IN4O2S. The van der Waals surface area contributed by atoms with E-state index in [1.54, 1.807) is 6.07 Å². The fourth-order valence-electron chi connectivity index (χ4n) is 2.86. The second-order valence-corrected chi connectivity index (χ2v) is 7.25. The number of primary amides is 1. The average molecular weight is 492 g/mol. The Balaban J connectivity index is 0.00000338. The molecule has 1 aromatic rings. The van der Waals surface area contributed by atoms with Crippen LogP contribution in [0.3, 0.4) is 0 Å². The quantitative estimate of drug-likeness (QED) is 0.295. The monoisotopic (exact) mass is 492 g/mol. The fraction of sp³-hybridized carbons (Fsp3) is 0.556. The number of nitrogens with two attached hydrogens (primary N) is 1. The van der Waals surface area contributed by atoms with E-state index in [2.05, 4.69) is 28.8 Å². The summed E-state index contributed by atoms with van der Waals surface area (Å²) in [5.41, 5.74) is 6.12. The van der Waals surface area contributed by atoms with E-state index in [0.29, 0.717) is 18.3 Å². The van der Waals surface area contributed by atoms with Gasteiger partial charge in [0.25, 0.3) is 5.91 Å². The molecule has 1 saturated carbocycles. The minimum absolute atomic E-state index is 0. The molecule has 0 saturated heterocycles. The maximum atomic E-state index is 10.8. The number of nitrogens with one attached hydrogen (secondary N) is 2. The summed E-state index contributed by atoms with van der Waals surface area (Å²) < 4.78 is 5.34. The van der Waals surface area contributed by atoms with Crippen molar-refractivity contribution < 1.29 is 9.53 Å². The predicted octanol–water partition coefficient (Wildman–Crippen LogP) is 2.51. The van der Waals surface area contributed by atoms with Crippen molar-refractivity contribution in [3.8, 4) is 5.75 Å². The highest BCUT2D eigenvalue weighted by Gasteiger charge is 2.24. The third kappa shape index (κ3) is 8.03. The molecule has 6 nitrogen and oxygen atoms in total. The second-order valence-electron chi connectivity index (χ2n) is 6.11. The van der Waals surface area contributed by atoms with Crippen molar-refractivity contribution in [1.82, 2.24) is 10.6 Å². The third-order valence-corrected chi connectivity index (χ3v) is 5.20. The van der Waals surface area contributed by atoms with E-state index in [0.717, 1.165) is 23.3 Å². The van der Waals surface area contributed by atoms with Gasteiger partial charge in [-0.15, -0.1) is 24.0 Å². The summed E-state index contributed by atoms with van der Waals surface area (Å²) >= 11 is 1.95. The Bertz CT molecular complexity index is 600. The summed E-state index contributed by atoms with van der Waals surface area (Å²) in [5.74, 6) is 0.989. The first kappa shape index (κ1) is 22.9. The Morgan fingerprint density at radius 1 is 1.42 bits per heavy atom. The first-order valence-electron chi connectivity index (χ1n) is 8.68. The number of guanidine groups is 1. The zero-order chi connectivity index (χ0) is 18.1. The van der Waals surface area contributed by atoms with Crippen molar-refractivity contribution in [1.29, 1.82) is 0 Å². The Morgan fingerprint density at radius 2 is 2.23 bits per heavy atom. The minimum Gasteiger partial charge on any atom is -0.484 e. The van der Waals surface area contributed by atoms with Crippen LogP contribution in [0.25, 0.3) is 0 Å². The largest absolute Gasteiger partial charge is 0.484 e. The van der Waals surface area contributed by atoms with Gasteiger partial charge in [0.2, 0.25) is 0 Å². The smallest absolute Gasteiger partial charge is 0.255 e. The topological polar surface area (TPSA) is 88.7 Å². The molecule has 146 valence electrons. The fourth-order valence-corrected chi connectivity index (χ4v) is 3.65. The van der Waals surface area contributed by atoms with E-state index in [-0.39, 0.29) is 30.6 Å². The van der Waals surface area contributed by atoms with Gasteiger partial charge in [-0.05, 0) is 50.1 Å². The van der Waals surface area contributed by atoms with Gasteiger partial charge in [-0.2, -0.15) is 11.8 Å². The normalized spacial score (nSPS) is 19.5. The van der Waals surface area contributed by atoms with Crippen molar-refractivity contribution in [2.24, 2.45) is 10.7 Å². The van der Waals surface area contributed by atoms with E-state index >= 15 is 0 Å². The lowest BCUT2D eigenvalue weighted by Gasteiger charge is -2.17. The molecule has 0 aromatic heterocycles. The van der Waals surface area contributed by atoms with Crippen molar-refractivity contribution >= 4 is 47.6 Å². The number of carbonyl (C=O) groups excluding carboxylic acids is 1. The molecule has 1 aliphatic rings. The number of aliphatic imine (C=N–C) groups is 1. The number of halogens is 1. The third-order valence-electron chi connectivity index (χ3n) is 4.10. The van der Waals surface area contributed by atoms with Crippen LogP contribution in [0.4, 0.5) is 0 Å². The molecule has 1 aromatic carbocycles. The molecule has 2 rings (SSSR count). The number of benzene rings is 1. The van der Waals surface area contributed by atoms with Crippen LogP contribution < -0.4 is 21.1 Å². The lowest BCUT2D eigenvalue weighted by Crippen LogP contribution is -2.42. The van der Waals surface area contributed by atoms with Crippen LogP contribution in [-0.4, -0.2) is 42.6 Å². The van der Waals surface area contributed by atoms with Crippen LogP contribution in [-0.2, 0) is 11.3 Å². The van der Waals surface area contributed by atoms with E-state index in [4.69, 9.17) is 10.5 Å². The van der Waals surface area contributed by atoms with Gasteiger partial charge in [-0.25, -0.2) is 4.99 Å². The first-order chi connectivity index (χ1) is 12.1. The Labute approximate surface area is 177 Å². The van der Waals surface area contributed by atoms with Gasteiger partial charge >= 0.3 is 0 Å². The summed E-state index contributed by atoms with van der Waals surface area (Å²) in [6, 6.07) is 8.06. The second kappa shape index (κ2) is 12.3. The summed E-state index contributed by atoms with van der Waals surface area (Å²) in [7, 11) is 0. The van der Waals surface area contributed by atoms with E-state index in [9.17, 15) is 4.79 Å². The van der Waals surface area contributed by atoms with Gasteiger partial charge in [0.15, 0.2) is 12.6 Å². The molecule has 8 heteroatoms. The Hall–Kier alpha value is -1.16. The molecule has 0 spiro atoms. The number of ether oxygens (including phenoxy) is 1. The van der Waals surface area contributed by atoms with Crippen molar-refractivity contribution in [3.05, 3.63) is 29.8 Å². The van der Waals surface area contributed by atoms with Crippen LogP contribution >= 0.6 is 35.7 Å². The molecule has 26 heavy (non-hydrogen) atoms. The van der Waals surface area contributed by atoms with Crippen LogP contribution in [0.2, 0.25) is 0 Å². The van der Waals surface area contributed by atoms with Crippen LogP contribution in [0.1, 0.15) is 31.7 Å². The summed E-state index contributed by atoms with van der Waals surface area (Å²) in [4.78, 5) is 15.5. The number of thioether (sulfide) groups is 1. The zero-order valence-corrected chi connectivity index (χ0v) is 18.5. The number of rotatable bonds is 8. The minimum atomic E-state index is -0.484. The maximum absolute atomic E-state index is 10.8. The standard InChI is InChI=1S/C18H28N4O2S.HI/c1-3-20-18(22-14-7-8-16(10-14)25-2)21-11-13-5-4-6-15(9-13)24-12-17(19)23;/h4-6,9,14,16H,3,7-8,10-12H2,1-2H3,(H2,19,23)(H2,20,21,22);1H. The van der Waals surface area contributed by atoms with Crippen LogP contribution in [0, 0.1) is 0 Å². The highest BCUT2D eigenvalue weighted by atomic mass is 127. The predicted molar refractivity (Wildman–Crippen MR) is 119 cm³/mol. The number of hydrogen-bond acceptors (Lipinski definition) is 4. The summed E-state index contributed by atoms with van der Waals surface area (Å²) in [6.07, 6.45) is 5.81. The molecule has 4 N–H and O–H groups in total. The van der Waals surface area contributed by atoms with Gasteiger partial charge in [0.05, 0.1) is 6.54 Å². The molecule has 0 radical (unpaired) electrons. The average Bonchev–Trinajstić information content (AvgIpc) is 3.06. The van der Waals surface area contributed by atoms with Crippen LogP contribution in [0.15, 0.2) is 29.3 Å². The van der Waals surface area contributed by atoms with E-state index < -0.39 is 5.91 Å². The van der Waals surface area contributed by atoms with Crippen LogP contribution in [0.5, 0.6) is 5.75 Å². The van der Waals surface area contributed by atoms with E-state index in [1.165, 1.54) is 19.3 Å². The molecule has 1 amide bonds. The number of hydrogen-bond donors (Lipinski definition) is 3. The molecule has 2 unspecified atom stereocenters. The molecule has 2 atom stereocenters. The lowest BCUT2D eigenvalue weighted by atomic mass is 10.2. The molecule has 0 bridgehead atoms. The molecule has 1 aliphatic carbocycles. The zero-order valence-electron chi connectivity index (χ0n) is 15.4. The van der Waals surface area contributed by atoms with Gasteiger partial charge in [0, 0.05) is 17.8 Å². The molecule has 1 fully saturated rings. The highest BCUT2D eigenvalue weighted by Crippen LogP contribution is 2.28. The molecular weight excluding hydrogens is 463 g/mol. The molecule has 0 aliphatic heterocycles. The number of amides is 1. The number of carbonyl (C=O) groups is 1. The van der Waals surface area contributed by atoms with E-state index in [1.807, 2.05) is 30.0 Å². The van der Waals surface area contributed by atoms with Gasteiger partial charge < -0.3 is 21.1 Å². The Kier molecular flexibility index (Phi) is 10.8. The maximum Gasteiger partial charge on any atom is 0.255 e. The lowest BCUT2D eigenvalue weighted by molar-refractivity contribution is -0.119. The van der Waals surface area contributed by atoms with Crippen molar-refractivity contribution in [3.63, 3.8) is 0 Å². The van der Waals surface area contributed by atoms with Gasteiger partial charge in [-0.3, -0.25) is 4.79 Å². The first-order valence-corrected chi connectivity index (χ1v) is 9.97. The Morgan fingerprint density at radius 3 is 2.88 bits per heavy atom. The molecule has 0 heterocycles.